The van der Waals surface area contributed by atoms with E-state index in [1.165, 1.54) is 25.4 Å². The minimum absolute atomic E-state index is 0.142. The van der Waals surface area contributed by atoms with E-state index in [-0.39, 0.29) is 34.8 Å². The number of nitriles is 1. The fraction of sp³-hybridized carbons (Fsp3) is 0.300. The van der Waals surface area contributed by atoms with Crippen LogP contribution in [0.4, 0.5) is 22.0 Å². The van der Waals surface area contributed by atoms with E-state index in [4.69, 9.17) is 5.26 Å². The molecule has 0 saturated carbocycles. The number of halogens is 5. The highest BCUT2D eigenvalue weighted by molar-refractivity contribution is 7.91. The Balaban J connectivity index is 1.90. The molecular weight excluding hydrogens is 543 g/mol. The number of carbonyl (C=O) groups excluding carboxylic acids is 1. The fourth-order valence-corrected chi connectivity index (χ4v) is 4.27. The third kappa shape index (κ3) is 4.55. The summed E-state index contributed by atoms with van der Waals surface area (Å²) in [4.78, 5) is 24.4. The lowest BCUT2D eigenvalue weighted by Crippen LogP contribution is -2.41. The average molecular weight is 558 g/mol. The number of sulfone groups is 1. The monoisotopic (exact) mass is 558 g/mol. The lowest BCUT2D eigenvalue weighted by molar-refractivity contribution is -0.290. The van der Waals surface area contributed by atoms with Crippen LogP contribution in [0.25, 0.3) is 22.6 Å². The van der Waals surface area contributed by atoms with Gasteiger partial charge in [0, 0.05) is 18.6 Å². The van der Waals surface area contributed by atoms with Gasteiger partial charge in [-0.2, -0.15) is 32.3 Å². The molecule has 0 aliphatic carbocycles. The van der Waals surface area contributed by atoms with Crippen molar-refractivity contribution in [1.82, 2.24) is 34.3 Å². The molecule has 4 heterocycles. The molecule has 0 aromatic carbocycles. The zero-order valence-electron chi connectivity index (χ0n) is 19.1. The van der Waals surface area contributed by atoms with Gasteiger partial charge in [0.05, 0.1) is 18.0 Å². The van der Waals surface area contributed by atoms with Crippen molar-refractivity contribution in [3.63, 3.8) is 0 Å². The number of hydrogen-bond acceptors (Lipinski definition) is 9. The van der Waals surface area contributed by atoms with Crippen LogP contribution in [0, 0.1) is 11.3 Å². The second kappa shape index (κ2) is 9.48. The molecule has 200 valence electrons. The van der Waals surface area contributed by atoms with Gasteiger partial charge < -0.3 is 10.1 Å². The number of nitrogens with one attached hydrogen (secondary N) is 1. The molecule has 1 N–H and O–H groups in total. The van der Waals surface area contributed by atoms with Gasteiger partial charge in [-0.3, -0.25) is 9.20 Å². The molecule has 38 heavy (non-hydrogen) atoms. The van der Waals surface area contributed by atoms with E-state index in [0.29, 0.717) is 0 Å². The molecular formula is C20H15F5N8O4S. The molecule has 0 atom stereocenters. The predicted molar refractivity (Wildman–Crippen MR) is 117 cm³/mol. The summed E-state index contributed by atoms with van der Waals surface area (Å²) in [5, 5.41) is 14.6. The Morgan fingerprint density at radius 3 is 2.58 bits per heavy atom. The van der Waals surface area contributed by atoms with Gasteiger partial charge in [-0.25, -0.2) is 27.9 Å². The van der Waals surface area contributed by atoms with Crippen LogP contribution in [0.5, 0.6) is 5.88 Å². The third-order valence-corrected chi connectivity index (χ3v) is 6.81. The molecule has 0 aliphatic heterocycles. The first-order chi connectivity index (χ1) is 17.8. The molecule has 1 amide bonds. The number of alkyl halides is 5. The number of amides is 1. The van der Waals surface area contributed by atoms with E-state index in [2.05, 4.69) is 30.1 Å². The van der Waals surface area contributed by atoms with Crippen molar-refractivity contribution in [3.05, 3.63) is 36.5 Å². The molecule has 0 saturated heterocycles. The molecule has 4 aromatic heterocycles. The smallest absolute Gasteiger partial charge is 0.456 e. The molecule has 0 radical (unpaired) electrons. The van der Waals surface area contributed by atoms with E-state index in [0.717, 1.165) is 21.3 Å². The van der Waals surface area contributed by atoms with Gasteiger partial charge >= 0.3 is 12.1 Å². The Hall–Kier alpha value is -4.40. The van der Waals surface area contributed by atoms with Crippen molar-refractivity contribution >= 4 is 26.9 Å². The molecule has 4 aromatic rings. The maximum Gasteiger partial charge on any atom is 0.456 e. The summed E-state index contributed by atoms with van der Waals surface area (Å²) in [7, 11) is -4.08. The number of rotatable bonds is 8. The summed E-state index contributed by atoms with van der Waals surface area (Å²) in [5.41, 5.74) is -0.649. The number of hydrogen-bond donors (Lipinski definition) is 1. The third-order valence-electron chi connectivity index (χ3n) is 5.17. The molecule has 12 nitrogen and oxygen atoms in total. The van der Waals surface area contributed by atoms with Crippen LogP contribution in [0.15, 0.2) is 35.9 Å². The maximum absolute atomic E-state index is 13.4. The van der Waals surface area contributed by atoms with Gasteiger partial charge in [0.1, 0.15) is 23.3 Å². The first-order valence-electron chi connectivity index (χ1n) is 10.5. The molecule has 4 rings (SSSR count). The highest BCUT2D eigenvalue weighted by Crippen LogP contribution is 2.37. The van der Waals surface area contributed by atoms with Gasteiger partial charge in [-0.1, -0.05) is 6.92 Å². The number of aromatic nitrogens is 6. The summed E-state index contributed by atoms with van der Waals surface area (Å²) in [6.45, 7) is -1.05. The van der Waals surface area contributed by atoms with Crippen LogP contribution in [-0.4, -0.2) is 74.3 Å². The van der Waals surface area contributed by atoms with Crippen molar-refractivity contribution in [2.75, 3.05) is 18.9 Å². The minimum atomic E-state index is -5.85. The maximum atomic E-state index is 13.4. The Bertz CT molecular complexity index is 1690. The summed E-state index contributed by atoms with van der Waals surface area (Å²) < 4.78 is 97.0. The number of ether oxygens (including phenoxy) is 1. The number of fused-ring (bicyclic) bond motifs is 2. The number of imidazole rings is 1. The lowest BCUT2D eigenvalue weighted by atomic mass is 10.3. The average Bonchev–Trinajstić information content (AvgIpc) is 3.47. The molecule has 0 fully saturated rings. The van der Waals surface area contributed by atoms with E-state index < -0.39 is 51.1 Å². The number of carbonyl (C=O) groups is 1. The first-order valence-corrected chi connectivity index (χ1v) is 12.1. The summed E-state index contributed by atoms with van der Waals surface area (Å²) in [6.07, 6.45) is -1.38. The van der Waals surface area contributed by atoms with Crippen LogP contribution in [-0.2, 0) is 9.84 Å². The second-order valence-electron chi connectivity index (χ2n) is 7.55. The lowest BCUT2D eigenvalue weighted by Gasteiger charge is -2.19. The van der Waals surface area contributed by atoms with Crippen LogP contribution in [0.3, 0.4) is 0 Å². The Morgan fingerprint density at radius 1 is 1.18 bits per heavy atom. The van der Waals surface area contributed by atoms with Crippen molar-refractivity contribution in [1.29, 1.82) is 5.26 Å². The van der Waals surface area contributed by atoms with Crippen molar-refractivity contribution < 1.29 is 39.9 Å². The summed E-state index contributed by atoms with van der Waals surface area (Å²) in [5.74, 6) is -7.12. The summed E-state index contributed by atoms with van der Waals surface area (Å²) in [6, 6.07) is 2.96. The van der Waals surface area contributed by atoms with Crippen molar-refractivity contribution in [2.24, 2.45) is 0 Å². The van der Waals surface area contributed by atoms with Gasteiger partial charge in [0.2, 0.25) is 5.88 Å². The van der Waals surface area contributed by atoms with Gasteiger partial charge in [-0.15, -0.1) is 0 Å². The SMILES string of the molecule is CCS(=O)(=O)c1nn2c(C(=O)NCC#N)ccnc2c1-c1ncc2c(OCC(F)(F)C(F)(F)F)nccn12. The van der Waals surface area contributed by atoms with Crippen LogP contribution < -0.4 is 10.1 Å². The van der Waals surface area contributed by atoms with Gasteiger partial charge in [0.25, 0.3) is 5.91 Å². The van der Waals surface area contributed by atoms with E-state index in [1.54, 1.807) is 6.07 Å². The molecule has 0 spiro atoms. The highest BCUT2D eigenvalue weighted by Gasteiger charge is 2.58. The van der Waals surface area contributed by atoms with Crippen molar-refractivity contribution in [2.45, 2.75) is 24.0 Å². The number of nitrogens with zero attached hydrogens (tertiary/aromatic N) is 7. The van der Waals surface area contributed by atoms with E-state index in [9.17, 15) is 35.2 Å². The molecule has 0 unspecified atom stereocenters. The Kier molecular flexibility index (Phi) is 6.65. The van der Waals surface area contributed by atoms with E-state index >= 15 is 0 Å². The molecule has 18 heteroatoms. The summed E-state index contributed by atoms with van der Waals surface area (Å²) >= 11 is 0. The van der Waals surface area contributed by atoms with Crippen LogP contribution in [0.1, 0.15) is 17.4 Å². The topological polar surface area (TPSA) is 157 Å². The largest absolute Gasteiger partial charge is 0.469 e. The predicted octanol–water partition coefficient (Wildman–Crippen LogP) is 2.06. The Morgan fingerprint density at radius 2 is 1.92 bits per heavy atom. The standard InChI is InChI=1S/C20H15F5N8O4S/c1-2-38(35,36)18-13(15-27-5-3-11(33(15)31-18)16(34)28-6-4-26)14-30-9-12-17(29-7-8-32(12)14)37-10-19(21,22)20(23,24)25/h3,5,7-9H,2,6,10H2,1H3,(H,28,34). The van der Waals surface area contributed by atoms with Crippen LogP contribution >= 0.6 is 0 Å². The zero-order valence-corrected chi connectivity index (χ0v) is 19.9. The van der Waals surface area contributed by atoms with Crippen LogP contribution in [0.2, 0.25) is 0 Å². The highest BCUT2D eigenvalue weighted by atomic mass is 32.2. The van der Waals surface area contributed by atoms with Gasteiger partial charge in [-0.05, 0) is 6.07 Å². The zero-order chi connectivity index (χ0) is 27.9. The quantitative estimate of drug-likeness (QED) is 0.253. The second-order valence-corrected chi connectivity index (χ2v) is 9.74. The fourth-order valence-electron chi connectivity index (χ4n) is 3.30. The molecule has 0 bridgehead atoms. The normalized spacial score (nSPS) is 12.6. The first kappa shape index (κ1) is 26.7. The van der Waals surface area contributed by atoms with Crippen molar-refractivity contribution in [3.8, 4) is 23.3 Å². The Labute approximate surface area is 209 Å². The minimum Gasteiger partial charge on any atom is -0.469 e. The molecule has 0 aliphatic rings. The van der Waals surface area contributed by atoms with Gasteiger partial charge in [0.15, 0.2) is 32.9 Å². The van der Waals surface area contributed by atoms with E-state index in [1.807, 2.05) is 0 Å².